The first-order valence-corrected chi connectivity index (χ1v) is 14.6. The van der Waals surface area contributed by atoms with Crippen LogP contribution < -0.4 is 5.32 Å². The lowest BCUT2D eigenvalue weighted by Crippen LogP contribution is -1.92. The van der Waals surface area contributed by atoms with Crippen molar-refractivity contribution >= 4 is 99.2 Å². The summed E-state index contributed by atoms with van der Waals surface area (Å²) in [5.41, 5.74) is 9.17. The summed E-state index contributed by atoms with van der Waals surface area (Å²) in [7, 11) is 0. The average Bonchev–Trinajstić information content (AvgIpc) is 3.51. The lowest BCUT2D eigenvalue weighted by molar-refractivity contribution is 1.31. The molecule has 3 nitrogen and oxygen atoms in total. The Morgan fingerprint density at radius 3 is 1.83 bits per heavy atom. The highest BCUT2D eigenvalue weighted by atomic mass is 35.5. The Balaban J connectivity index is 1.53. The molecule has 1 N–H and O–H groups in total. The number of para-hydroxylation sites is 4. The Labute approximate surface area is 245 Å². The molecule has 42 heavy (non-hydrogen) atoms. The third kappa shape index (κ3) is 2.71. The van der Waals surface area contributed by atoms with Gasteiger partial charge in [0, 0.05) is 32.6 Å². The molecule has 196 valence electrons. The highest BCUT2D eigenvalue weighted by molar-refractivity contribution is 6.38. The summed E-state index contributed by atoms with van der Waals surface area (Å²) in [5.74, 6) is 0. The van der Waals surface area contributed by atoms with Crippen LogP contribution in [-0.4, -0.2) is 8.80 Å². The number of nitrogens with zero attached hydrogens (tertiary/aromatic N) is 2. The standard InChI is InChI=1S/C38H22ClN3/c39-29-12-4-5-13-30(29)40-22-17-18-28-34(21-22)42-33-16-8-7-15-32(33)41-31-14-6-3-10-24(31)27-20-19-26-23-9-1-2-11-25(23)35(28)38(42)36(26)37(27)41/h1-21,40H. The van der Waals surface area contributed by atoms with Gasteiger partial charge in [-0.1, -0.05) is 96.5 Å². The molecule has 0 unspecified atom stereocenters. The molecule has 10 aromatic rings. The topological polar surface area (TPSA) is 20.8 Å². The minimum Gasteiger partial charge on any atom is -0.354 e. The first-order chi connectivity index (χ1) is 20.8. The van der Waals surface area contributed by atoms with E-state index in [0.29, 0.717) is 5.02 Å². The highest BCUT2D eigenvalue weighted by Gasteiger charge is 2.23. The first kappa shape index (κ1) is 22.4. The molecule has 7 aromatic carbocycles. The van der Waals surface area contributed by atoms with Crippen molar-refractivity contribution < 1.29 is 0 Å². The molecule has 0 aliphatic rings. The summed E-state index contributed by atoms with van der Waals surface area (Å²) < 4.78 is 4.98. The highest BCUT2D eigenvalue weighted by Crippen LogP contribution is 2.47. The third-order valence-corrected chi connectivity index (χ3v) is 9.37. The number of hydrogen-bond donors (Lipinski definition) is 1. The van der Waals surface area contributed by atoms with Crippen LogP contribution >= 0.6 is 11.6 Å². The lowest BCUT2D eigenvalue weighted by atomic mass is 9.95. The van der Waals surface area contributed by atoms with Gasteiger partial charge in [-0.05, 0) is 58.6 Å². The van der Waals surface area contributed by atoms with Crippen molar-refractivity contribution in [1.29, 1.82) is 0 Å². The molecule has 0 aliphatic carbocycles. The van der Waals surface area contributed by atoms with E-state index in [1.54, 1.807) is 0 Å². The molecule has 0 bridgehead atoms. The summed E-state index contributed by atoms with van der Waals surface area (Å²) in [6.45, 7) is 0. The molecule has 0 saturated heterocycles. The van der Waals surface area contributed by atoms with Gasteiger partial charge in [0.2, 0.25) is 0 Å². The molecule has 0 spiro atoms. The number of nitrogens with one attached hydrogen (secondary N) is 1. The SMILES string of the molecule is Clc1ccccc1Nc1ccc2c3c4ccccc4c4ccc5c6ccccc6n6c7ccccc7n(c2c1)c3c4c56. The van der Waals surface area contributed by atoms with Crippen LogP contribution in [0, 0.1) is 0 Å². The maximum absolute atomic E-state index is 6.55. The van der Waals surface area contributed by atoms with E-state index in [9.17, 15) is 0 Å². The molecule has 3 heterocycles. The number of benzene rings is 7. The molecule has 0 radical (unpaired) electrons. The van der Waals surface area contributed by atoms with Gasteiger partial charge in [0.05, 0.1) is 43.8 Å². The van der Waals surface area contributed by atoms with E-state index in [-0.39, 0.29) is 0 Å². The Kier molecular flexibility index (Phi) is 4.24. The van der Waals surface area contributed by atoms with Gasteiger partial charge in [-0.3, -0.25) is 0 Å². The van der Waals surface area contributed by atoms with Crippen LogP contribution in [0.2, 0.25) is 5.02 Å². The molecular formula is C38H22ClN3. The van der Waals surface area contributed by atoms with E-state index < -0.39 is 0 Å². The number of hydrogen-bond acceptors (Lipinski definition) is 1. The minimum absolute atomic E-state index is 0.701. The van der Waals surface area contributed by atoms with Gasteiger partial charge in [0.25, 0.3) is 0 Å². The predicted octanol–water partition coefficient (Wildman–Crippen LogP) is 10.9. The number of rotatable bonds is 2. The monoisotopic (exact) mass is 555 g/mol. The fraction of sp³-hybridized carbons (Fsp3) is 0. The number of anilines is 2. The van der Waals surface area contributed by atoms with Crippen molar-refractivity contribution in [2.45, 2.75) is 0 Å². The van der Waals surface area contributed by atoms with E-state index in [1.165, 1.54) is 76.2 Å². The van der Waals surface area contributed by atoms with Crippen LogP contribution in [0.15, 0.2) is 127 Å². The molecule has 0 saturated carbocycles. The second kappa shape index (κ2) is 7.94. The van der Waals surface area contributed by atoms with Crippen LogP contribution in [0.5, 0.6) is 0 Å². The molecule has 10 rings (SSSR count). The van der Waals surface area contributed by atoms with Crippen LogP contribution in [0.25, 0.3) is 76.2 Å². The average molecular weight is 556 g/mol. The largest absolute Gasteiger partial charge is 0.354 e. The number of fused-ring (bicyclic) bond motifs is 12. The Morgan fingerprint density at radius 2 is 1.02 bits per heavy atom. The van der Waals surface area contributed by atoms with E-state index in [0.717, 1.165) is 11.4 Å². The summed E-state index contributed by atoms with van der Waals surface area (Å²) in [4.78, 5) is 0. The summed E-state index contributed by atoms with van der Waals surface area (Å²) in [6, 6.07) is 45.8. The summed E-state index contributed by atoms with van der Waals surface area (Å²) in [6.07, 6.45) is 0. The van der Waals surface area contributed by atoms with E-state index in [2.05, 4.69) is 117 Å². The zero-order chi connectivity index (χ0) is 27.5. The molecule has 0 amide bonds. The van der Waals surface area contributed by atoms with Gasteiger partial charge in [-0.15, -0.1) is 0 Å². The molecular weight excluding hydrogens is 534 g/mol. The van der Waals surface area contributed by atoms with Crippen LogP contribution in [0.4, 0.5) is 11.4 Å². The second-order valence-electron chi connectivity index (χ2n) is 11.2. The molecule has 4 heteroatoms. The number of halogens is 1. The predicted molar refractivity (Wildman–Crippen MR) is 179 cm³/mol. The van der Waals surface area contributed by atoms with Gasteiger partial charge >= 0.3 is 0 Å². The molecule has 0 fully saturated rings. The fourth-order valence-corrected chi connectivity index (χ4v) is 7.58. The van der Waals surface area contributed by atoms with Gasteiger partial charge < -0.3 is 14.1 Å². The molecule has 0 atom stereocenters. The van der Waals surface area contributed by atoms with Crippen LogP contribution in [0.1, 0.15) is 0 Å². The summed E-state index contributed by atoms with van der Waals surface area (Å²) in [5, 5.41) is 14.5. The van der Waals surface area contributed by atoms with Crippen molar-refractivity contribution in [2.75, 3.05) is 5.32 Å². The molecule has 0 aliphatic heterocycles. The van der Waals surface area contributed by atoms with Gasteiger partial charge in [-0.25, -0.2) is 0 Å². The first-order valence-electron chi connectivity index (χ1n) is 14.2. The van der Waals surface area contributed by atoms with Crippen molar-refractivity contribution in [3.63, 3.8) is 0 Å². The van der Waals surface area contributed by atoms with Crippen molar-refractivity contribution in [1.82, 2.24) is 8.80 Å². The van der Waals surface area contributed by atoms with Gasteiger partial charge in [0.15, 0.2) is 0 Å². The fourth-order valence-electron chi connectivity index (χ4n) is 7.39. The normalized spacial score (nSPS) is 12.4. The van der Waals surface area contributed by atoms with Crippen molar-refractivity contribution in [3.8, 4) is 0 Å². The van der Waals surface area contributed by atoms with Crippen LogP contribution in [-0.2, 0) is 0 Å². The maximum atomic E-state index is 6.55. The maximum Gasteiger partial charge on any atom is 0.0703 e. The zero-order valence-corrected chi connectivity index (χ0v) is 23.2. The van der Waals surface area contributed by atoms with E-state index >= 15 is 0 Å². The minimum atomic E-state index is 0.701. The smallest absolute Gasteiger partial charge is 0.0703 e. The van der Waals surface area contributed by atoms with Gasteiger partial charge in [-0.2, -0.15) is 0 Å². The van der Waals surface area contributed by atoms with E-state index in [1.807, 2.05) is 24.3 Å². The Bertz CT molecular complexity index is 2730. The van der Waals surface area contributed by atoms with Crippen LogP contribution in [0.3, 0.4) is 0 Å². The van der Waals surface area contributed by atoms with Crippen molar-refractivity contribution in [3.05, 3.63) is 132 Å². The third-order valence-electron chi connectivity index (χ3n) is 9.04. The quantitative estimate of drug-likeness (QED) is 0.210. The van der Waals surface area contributed by atoms with E-state index in [4.69, 9.17) is 11.6 Å². The Hall–Kier alpha value is -5.25. The Morgan fingerprint density at radius 1 is 0.429 bits per heavy atom. The summed E-state index contributed by atoms with van der Waals surface area (Å²) >= 11 is 6.55. The lowest BCUT2D eigenvalue weighted by Gasteiger charge is -2.09. The number of aromatic nitrogens is 2. The second-order valence-corrected chi connectivity index (χ2v) is 11.6. The van der Waals surface area contributed by atoms with Crippen molar-refractivity contribution in [2.24, 2.45) is 0 Å². The zero-order valence-electron chi connectivity index (χ0n) is 22.4. The van der Waals surface area contributed by atoms with Gasteiger partial charge in [0.1, 0.15) is 0 Å². The molecule has 3 aromatic heterocycles.